The molecule has 1 atom stereocenters. The van der Waals surface area contributed by atoms with Crippen molar-refractivity contribution in [3.63, 3.8) is 0 Å². The third-order valence-electron chi connectivity index (χ3n) is 2.73. The standard InChI is InChI=1S/C12H21NO/c1-3-5-6-9-13(4-2)11-12-8-7-10-14-12/h1,12H,4-11H2,2H3. The monoisotopic (exact) mass is 195 g/mol. The van der Waals surface area contributed by atoms with E-state index in [0.29, 0.717) is 6.10 Å². The second-order valence-electron chi connectivity index (χ2n) is 3.84. The van der Waals surface area contributed by atoms with E-state index in [1.807, 2.05) is 0 Å². The van der Waals surface area contributed by atoms with E-state index in [0.717, 1.165) is 39.1 Å². The molecule has 14 heavy (non-hydrogen) atoms. The number of nitrogens with zero attached hydrogens (tertiary/aromatic N) is 1. The SMILES string of the molecule is C#CCCCN(CC)CC1CCCO1. The average Bonchev–Trinajstić information content (AvgIpc) is 2.69. The minimum atomic E-state index is 0.473. The van der Waals surface area contributed by atoms with Crippen LogP contribution in [0.3, 0.4) is 0 Å². The first-order chi connectivity index (χ1) is 6.86. The number of ether oxygens (including phenoxy) is 1. The maximum absolute atomic E-state index is 5.61. The number of rotatable bonds is 6. The van der Waals surface area contributed by atoms with Crippen molar-refractivity contribution < 1.29 is 4.74 Å². The zero-order valence-electron chi connectivity index (χ0n) is 9.17. The van der Waals surface area contributed by atoms with Gasteiger partial charge in [0.15, 0.2) is 0 Å². The van der Waals surface area contributed by atoms with Gasteiger partial charge in [0.25, 0.3) is 0 Å². The van der Waals surface area contributed by atoms with Crippen molar-refractivity contribution in [1.82, 2.24) is 4.90 Å². The summed E-state index contributed by atoms with van der Waals surface area (Å²) in [5, 5.41) is 0. The maximum atomic E-state index is 5.61. The number of likely N-dealkylation sites (N-methyl/N-ethyl adjacent to an activating group) is 1. The number of unbranched alkanes of at least 4 members (excludes halogenated alkanes) is 1. The number of hydrogen-bond acceptors (Lipinski definition) is 2. The van der Waals surface area contributed by atoms with Crippen LogP contribution >= 0.6 is 0 Å². The first-order valence-electron chi connectivity index (χ1n) is 5.64. The van der Waals surface area contributed by atoms with E-state index in [1.54, 1.807) is 0 Å². The Morgan fingerprint density at radius 3 is 3.00 bits per heavy atom. The number of terminal acetylenes is 1. The second-order valence-corrected chi connectivity index (χ2v) is 3.84. The van der Waals surface area contributed by atoms with Crippen molar-refractivity contribution in [2.45, 2.75) is 38.7 Å². The molecule has 80 valence electrons. The van der Waals surface area contributed by atoms with Crippen LogP contribution < -0.4 is 0 Å². The first kappa shape index (κ1) is 11.6. The molecule has 0 saturated carbocycles. The van der Waals surface area contributed by atoms with Gasteiger partial charge in [0.2, 0.25) is 0 Å². The molecule has 0 aromatic heterocycles. The third kappa shape index (κ3) is 4.13. The highest BCUT2D eigenvalue weighted by Crippen LogP contribution is 2.13. The van der Waals surface area contributed by atoms with Crippen LogP contribution in [-0.4, -0.2) is 37.2 Å². The number of hydrogen-bond donors (Lipinski definition) is 0. The lowest BCUT2D eigenvalue weighted by molar-refractivity contribution is 0.0746. The van der Waals surface area contributed by atoms with E-state index in [9.17, 15) is 0 Å². The largest absolute Gasteiger partial charge is 0.377 e. The Kier molecular flexibility index (Phi) is 5.66. The zero-order chi connectivity index (χ0) is 10.2. The van der Waals surface area contributed by atoms with Crippen molar-refractivity contribution in [3.05, 3.63) is 0 Å². The molecule has 1 rings (SSSR count). The molecule has 0 bridgehead atoms. The normalized spacial score (nSPS) is 21.4. The molecule has 0 aliphatic carbocycles. The summed E-state index contributed by atoms with van der Waals surface area (Å²) in [5.74, 6) is 2.68. The zero-order valence-corrected chi connectivity index (χ0v) is 9.17. The van der Waals surface area contributed by atoms with E-state index in [4.69, 9.17) is 11.2 Å². The Morgan fingerprint density at radius 1 is 1.57 bits per heavy atom. The molecular formula is C12H21NO. The molecule has 0 N–H and O–H groups in total. The fraction of sp³-hybridized carbons (Fsp3) is 0.833. The lowest BCUT2D eigenvalue weighted by Gasteiger charge is -2.23. The van der Waals surface area contributed by atoms with Crippen LogP contribution in [-0.2, 0) is 4.74 Å². The molecule has 1 fully saturated rings. The van der Waals surface area contributed by atoms with E-state index >= 15 is 0 Å². The predicted octanol–water partition coefficient (Wildman–Crippen LogP) is 1.90. The van der Waals surface area contributed by atoms with Crippen molar-refractivity contribution in [2.24, 2.45) is 0 Å². The van der Waals surface area contributed by atoms with Crippen LogP contribution in [0, 0.1) is 12.3 Å². The van der Waals surface area contributed by atoms with Gasteiger partial charge in [-0.1, -0.05) is 6.92 Å². The third-order valence-corrected chi connectivity index (χ3v) is 2.73. The molecular weight excluding hydrogens is 174 g/mol. The Bertz CT molecular complexity index is 179. The summed E-state index contributed by atoms with van der Waals surface area (Å²) in [4.78, 5) is 2.44. The van der Waals surface area contributed by atoms with Crippen LogP contribution in [0.4, 0.5) is 0 Å². The molecule has 0 aromatic carbocycles. The van der Waals surface area contributed by atoms with Gasteiger partial charge in [-0.15, -0.1) is 12.3 Å². The molecule has 1 unspecified atom stereocenters. The summed E-state index contributed by atoms with van der Waals surface area (Å²) in [6.07, 6.45) is 10.2. The molecule has 1 saturated heterocycles. The van der Waals surface area contributed by atoms with Gasteiger partial charge in [0, 0.05) is 19.6 Å². The van der Waals surface area contributed by atoms with Crippen LogP contribution in [0.5, 0.6) is 0 Å². The summed E-state index contributed by atoms with van der Waals surface area (Å²) in [5.41, 5.74) is 0. The van der Waals surface area contributed by atoms with E-state index in [-0.39, 0.29) is 0 Å². The molecule has 0 amide bonds. The lowest BCUT2D eigenvalue weighted by atomic mass is 10.2. The smallest absolute Gasteiger partial charge is 0.0702 e. The van der Waals surface area contributed by atoms with Crippen molar-refractivity contribution in [1.29, 1.82) is 0 Å². The molecule has 2 heteroatoms. The molecule has 0 radical (unpaired) electrons. The van der Waals surface area contributed by atoms with E-state index in [1.165, 1.54) is 12.8 Å². The fourth-order valence-electron chi connectivity index (χ4n) is 1.86. The van der Waals surface area contributed by atoms with Gasteiger partial charge in [-0.25, -0.2) is 0 Å². The summed E-state index contributed by atoms with van der Waals surface area (Å²) >= 11 is 0. The molecule has 1 heterocycles. The average molecular weight is 195 g/mol. The van der Waals surface area contributed by atoms with Crippen molar-refractivity contribution in [2.75, 3.05) is 26.2 Å². The quantitative estimate of drug-likeness (QED) is 0.474. The highest BCUT2D eigenvalue weighted by molar-refractivity contribution is 4.83. The second kappa shape index (κ2) is 6.86. The van der Waals surface area contributed by atoms with Gasteiger partial charge in [0.05, 0.1) is 6.10 Å². The van der Waals surface area contributed by atoms with E-state index in [2.05, 4.69) is 17.7 Å². The maximum Gasteiger partial charge on any atom is 0.0702 e. The summed E-state index contributed by atoms with van der Waals surface area (Å²) < 4.78 is 5.61. The Hall–Kier alpha value is -0.520. The molecule has 2 nitrogen and oxygen atoms in total. The van der Waals surface area contributed by atoms with Gasteiger partial charge in [0.1, 0.15) is 0 Å². The molecule has 0 spiro atoms. The lowest BCUT2D eigenvalue weighted by Crippen LogP contribution is -2.32. The van der Waals surface area contributed by atoms with Crippen LogP contribution in [0.15, 0.2) is 0 Å². The fourth-order valence-corrected chi connectivity index (χ4v) is 1.86. The summed E-state index contributed by atoms with van der Waals surface area (Å²) in [6, 6.07) is 0. The van der Waals surface area contributed by atoms with Gasteiger partial charge in [-0.3, -0.25) is 0 Å². The topological polar surface area (TPSA) is 12.5 Å². The van der Waals surface area contributed by atoms with Crippen LogP contribution in [0.1, 0.15) is 32.6 Å². The first-order valence-corrected chi connectivity index (χ1v) is 5.64. The van der Waals surface area contributed by atoms with Crippen molar-refractivity contribution >= 4 is 0 Å². The van der Waals surface area contributed by atoms with E-state index < -0.39 is 0 Å². The predicted molar refractivity (Wildman–Crippen MR) is 59.2 cm³/mol. The minimum absolute atomic E-state index is 0.473. The Labute approximate surface area is 87.6 Å². The Balaban J connectivity index is 2.13. The minimum Gasteiger partial charge on any atom is -0.377 e. The summed E-state index contributed by atoms with van der Waals surface area (Å²) in [7, 11) is 0. The highest BCUT2D eigenvalue weighted by Gasteiger charge is 2.17. The van der Waals surface area contributed by atoms with Gasteiger partial charge in [-0.05, 0) is 32.4 Å². The van der Waals surface area contributed by atoms with Gasteiger partial charge >= 0.3 is 0 Å². The van der Waals surface area contributed by atoms with Crippen molar-refractivity contribution in [3.8, 4) is 12.3 Å². The molecule has 1 aliphatic rings. The highest BCUT2D eigenvalue weighted by atomic mass is 16.5. The Morgan fingerprint density at radius 2 is 2.43 bits per heavy atom. The summed E-state index contributed by atoms with van der Waals surface area (Å²) in [6.45, 7) is 6.45. The van der Waals surface area contributed by atoms with Gasteiger partial charge < -0.3 is 9.64 Å². The molecule has 1 aliphatic heterocycles. The van der Waals surface area contributed by atoms with Gasteiger partial charge in [-0.2, -0.15) is 0 Å². The molecule has 0 aromatic rings. The van der Waals surface area contributed by atoms with Crippen LogP contribution in [0.2, 0.25) is 0 Å². The van der Waals surface area contributed by atoms with Crippen LogP contribution in [0.25, 0.3) is 0 Å².